The number of hydrogen-bond donors (Lipinski definition) is 0. The summed E-state index contributed by atoms with van der Waals surface area (Å²) in [6, 6.07) is 43.7. The second-order valence-electron chi connectivity index (χ2n) is 9.27. The molecule has 0 bridgehead atoms. The third-order valence-corrected chi connectivity index (χ3v) is 8.27. The van der Waals surface area contributed by atoms with Gasteiger partial charge in [0.05, 0.1) is 21.3 Å². The lowest BCUT2D eigenvalue weighted by molar-refractivity contribution is 1.19. The van der Waals surface area contributed by atoms with Crippen molar-refractivity contribution >= 4 is 64.9 Å². The Hall–Kier alpha value is -4.47. The van der Waals surface area contributed by atoms with Gasteiger partial charge < -0.3 is 4.57 Å². The molecule has 0 aliphatic heterocycles. The number of fused-ring (bicyclic) bond motifs is 7. The lowest BCUT2D eigenvalue weighted by Crippen LogP contribution is -1.93. The summed E-state index contributed by atoms with van der Waals surface area (Å²) in [5.41, 5.74) is 5.87. The second kappa shape index (κ2) is 7.51. The number of rotatable bonds is 2. The largest absolute Gasteiger partial charge is 0.309 e. The van der Waals surface area contributed by atoms with Crippen molar-refractivity contribution in [3.8, 4) is 16.3 Å². The SMILES string of the molecule is c1ccc2c(c1)ccc1c2c2ccccc2n1-c1ccc2cc(-c3nc4ccccc4s3)ccc2c1. The van der Waals surface area contributed by atoms with Crippen LogP contribution >= 0.6 is 11.3 Å². The Kier molecular flexibility index (Phi) is 4.13. The molecule has 2 nitrogen and oxygen atoms in total. The van der Waals surface area contributed by atoms with E-state index in [1.807, 2.05) is 6.07 Å². The average molecular weight is 477 g/mol. The van der Waals surface area contributed by atoms with Crippen molar-refractivity contribution in [1.82, 2.24) is 9.55 Å². The van der Waals surface area contributed by atoms with E-state index in [1.165, 1.54) is 59.3 Å². The zero-order valence-corrected chi connectivity index (χ0v) is 20.2. The topological polar surface area (TPSA) is 17.8 Å². The number of nitrogens with zero attached hydrogens (tertiary/aromatic N) is 2. The molecule has 0 unspecified atom stereocenters. The van der Waals surface area contributed by atoms with E-state index in [4.69, 9.17) is 4.98 Å². The summed E-state index contributed by atoms with van der Waals surface area (Å²) in [4.78, 5) is 4.86. The average Bonchev–Trinajstić information content (AvgIpc) is 3.52. The third-order valence-electron chi connectivity index (χ3n) is 7.19. The van der Waals surface area contributed by atoms with Crippen LogP contribution in [0.5, 0.6) is 0 Å². The fraction of sp³-hybridized carbons (Fsp3) is 0. The van der Waals surface area contributed by atoms with Crippen molar-refractivity contribution in [3.05, 3.63) is 121 Å². The van der Waals surface area contributed by atoms with E-state index in [9.17, 15) is 0 Å². The molecule has 0 atom stereocenters. The Labute approximate surface area is 211 Å². The van der Waals surface area contributed by atoms with Crippen LogP contribution in [0.3, 0.4) is 0 Å². The Balaban J connectivity index is 1.33. The molecule has 0 amide bonds. The van der Waals surface area contributed by atoms with E-state index < -0.39 is 0 Å². The molecule has 0 aliphatic rings. The summed E-state index contributed by atoms with van der Waals surface area (Å²) in [7, 11) is 0. The predicted molar refractivity (Wildman–Crippen MR) is 154 cm³/mol. The smallest absolute Gasteiger partial charge is 0.124 e. The fourth-order valence-electron chi connectivity index (χ4n) is 5.52. The fourth-order valence-corrected chi connectivity index (χ4v) is 6.48. The molecule has 0 aliphatic carbocycles. The number of aromatic nitrogens is 2. The van der Waals surface area contributed by atoms with Crippen molar-refractivity contribution in [2.75, 3.05) is 0 Å². The first-order valence-corrected chi connectivity index (χ1v) is 13.0. The first-order chi connectivity index (χ1) is 17.8. The number of thiazole rings is 1. The normalized spacial score (nSPS) is 11.9. The van der Waals surface area contributed by atoms with Gasteiger partial charge in [-0.1, -0.05) is 78.9 Å². The summed E-state index contributed by atoms with van der Waals surface area (Å²) in [6.45, 7) is 0. The number of benzene rings is 6. The predicted octanol–water partition coefficient (Wildman–Crippen LogP) is 9.37. The van der Waals surface area contributed by atoms with Gasteiger partial charge in [0, 0.05) is 22.0 Å². The minimum Gasteiger partial charge on any atom is -0.309 e. The van der Waals surface area contributed by atoms with Crippen LogP contribution < -0.4 is 0 Å². The van der Waals surface area contributed by atoms with E-state index in [0.29, 0.717) is 0 Å². The van der Waals surface area contributed by atoms with E-state index in [2.05, 4.69) is 120 Å². The minimum atomic E-state index is 1.06. The molecule has 168 valence electrons. The quantitative estimate of drug-likeness (QED) is 0.243. The van der Waals surface area contributed by atoms with Gasteiger partial charge in [-0.15, -0.1) is 11.3 Å². The third kappa shape index (κ3) is 2.87. The van der Waals surface area contributed by atoms with Gasteiger partial charge in [0.1, 0.15) is 5.01 Å². The summed E-state index contributed by atoms with van der Waals surface area (Å²) in [5.74, 6) is 0. The van der Waals surface area contributed by atoms with Crippen molar-refractivity contribution < 1.29 is 0 Å². The molecule has 3 heteroatoms. The maximum Gasteiger partial charge on any atom is 0.124 e. The Morgan fingerprint density at radius 3 is 2.25 bits per heavy atom. The van der Waals surface area contributed by atoms with Gasteiger partial charge in [-0.3, -0.25) is 0 Å². The van der Waals surface area contributed by atoms with E-state index >= 15 is 0 Å². The van der Waals surface area contributed by atoms with Crippen molar-refractivity contribution in [2.24, 2.45) is 0 Å². The first kappa shape index (κ1) is 19.8. The van der Waals surface area contributed by atoms with E-state index in [-0.39, 0.29) is 0 Å². The van der Waals surface area contributed by atoms with Crippen LogP contribution in [0.1, 0.15) is 0 Å². The van der Waals surface area contributed by atoms with Crippen LogP contribution in [0.25, 0.3) is 69.8 Å². The van der Waals surface area contributed by atoms with E-state index in [0.717, 1.165) is 10.5 Å². The summed E-state index contributed by atoms with van der Waals surface area (Å²) >= 11 is 1.75. The van der Waals surface area contributed by atoms with Gasteiger partial charge in [-0.2, -0.15) is 0 Å². The van der Waals surface area contributed by atoms with Gasteiger partial charge in [0.2, 0.25) is 0 Å². The summed E-state index contributed by atoms with van der Waals surface area (Å²) < 4.78 is 3.62. The molecule has 0 spiro atoms. The van der Waals surface area contributed by atoms with Crippen molar-refractivity contribution in [3.63, 3.8) is 0 Å². The zero-order valence-electron chi connectivity index (χ0n) is 19.3. The highest BCUT2D eigenvalue weighted by atomic mass is 32.1. The molecule has 0 radical (unpaired) electrons. The Morgan fingerprint density at radius 2 is 1.31 bits per heavy atom. The molecule has 6 aromatic carbocycles. The molecule has 0 N–H and O–H groups in total. The van der Waals surface area contributed by atoms with Gasteiger partial charge in [0.25, 0.3) is 0 Å². The highest BCUT2D eigenvalue weighted by Gasteiger charge is 2.15. The van der Waals surface area contributed by atoms with Crippen molar-refractivity contribution in [1.29, 1.82) is 0 Å². The first-order valence-electron chi connectivity index (χ1n) is 12.1. The van der Waals surface area contributed by atoms with Crippen molar-refractivity contribution in [2.45, 2.75) is 0 Å². The molecular formula is C33H20N2S. The standard InChI is InChI=1S/C33H20N2S/c1-2-8-26-21(7-1)16-18-30-32(26)27-9-3-5-11-29(27)35(30)25-17-15-22-19-24(14-13-23(22)20-25)33-34-28-10-4-6-12-31(28)36-33/h1-20H. The van der Waals surface area contributed by atoms with Gasteiger partial charge in [-0.25, -0.2) is 4.98 Å². The van der Waals surface area contributed by atoms with Crippen LogP contribution in [0, 0.1) is 0 Å². The Bertz CT molecular complexity index is 2080. The molecule has 2 heterocycles. The molecule has 2 aromatic heterocycles. The maximum atomic E-state index is 4.86. The van der Waals surface area contributed by atoms with Crippen LogP contribution in [0.15, 0.2) is 121 Å². The van der Waals surface area contributed by atoms with Crippen LogP contribution in [0.2, 0.25) is 0 Å². The molecule has 0 saturated heterocycles. The summed E-state index contributed by atoms with van der Waals surface area (Å²) in [5, 5.41) is 8.69. The zero-order chi connectivity index (χ0) is 23.6. The number of hydrogen-bond acceptors (Lipinski definition) is 2. The highest BCUT2D eigenvalue weighted by molar-refractivity contribution is 7.21. The molecular weight excluding hydrogens is 456 g/mol. The number of para-hydroxylation sites is 2. The molecule has 8 aromatic rings. The van der Waals surface area contributed by atoms with Gasteiger partial charge in [-0.05, 0) is 64.0 Å². The van der Waals surface area contributed by atoms with Crippen LogP contribution in [-0.4, -0.2) is 9.55 Å². The lowest BCUT2D eigenvalue weighted by Gasteiger charge is -2.10. The Morgan fingerprint density at radius 1 is 0.556 bits per heavy atom. The highest BCUT2D eigenvalue weighted by Crippen LogP contribution is 2.38. The molecule has 36 heavy (non-hydrogen) atoms. The minimum absolute atomic E-state index is 1.06. The van der Waals surface area contributed by atoms with Crippen LogP contribution in [-0.2, 0) is 0 Å². The van der Waals surface area contributed by atoms with Crippen LogP contribution in [0.4, 0.5) is 0 Å². The molecule has 8 rings (SSSR count). The maximum absolute atomic E-state index is 4.86. The van der Waals surface area contributed by atoms with Gasteiger partial charge in [0.15, 0.2) is 0 Å². The second-order valence-corrected chi connectivity index (χ2v) is 10.3. The molecule has 0 saturated carbocycles. The molecule has 0 fully saturated rings. The lowest BCUT2D eigenvalue weighted by atomic mass is 10.0. The van der Waals surface area contributed by atoms with E-state index in [1.54, 1.807) is 11.3 Å². The van der Waals surface area contributed by atoms with Gasteiger partial charge >= 0.3 is 0 Å². The monoisotopic (exact) mass is 476 g/mol. The summed E-state index contributed by atoms with van der Waals surface area (Å²) in [6.07, 6.45) is 0.